The fourth-order valence-corrected chi connectivity index (χ4v) is 1.31. The third kappa shape index (κ3) is 2.68. The molecule has 1 aromatic heterocycles. The minimum atomic E-state index is -2.89. The maximum atomic E-state index is 12.7. The van der Waals surface area contributed by atoms with Crippen LogP contribution in [-0.4, -0.2) is 25.2 Å². The Labute approximate surface area is 96.5 Å². The van der Waals surface area contributed by atoms with Crippen molar-refractivity contribution in [2.45, 2.75) is 13.0 Å². The Morgan fingerprint density at radius 1 is 1.53 bits per heavy atom. The van der Waals surface area contributed by atoms with Crippen molar-refractivity contribution >= 4 is 5.97 Å². The van der Waals surface area contributed by atoms with Gasteiger partial charge in [-0.2, -0.15) is 0 Å². The maximum Gasteiger partial charge on any atom is 0.340 e. The summed E-state index contributed by atoms with van der Waals surface area (Å²) in [6, 6.07) is 1.16. The predicted octanol–water partition coefficient (Wildman–Crippen LogP) is 1.27. The summed E-state index contributed by atoms with van der Waals surface area (Å²) in [5.41, 5.74) is 4.54. The Bertz CT molecular complexity index is 424. The standard InChI is InChI=1S/C10H12F2N2O3/c1-16-7-3-5(10(15)17-2)8(9(11)12)14-6(7)4-13/h3,9H,4,13H2,1-2H3. The molecule has 0 aliphatic rings. The molecule has 17 heavy (non-hydrogen) atoms. The molecule has 0 saturated carbocycles. The van der Waals surface area contributed by atoms with Crippen LogP contribution in [0, 0.1) is 0 Å². The Morgan fingerprint density at radius 2 is 2.18 bits per heavy atom. The van der Waals surface area contributed by atoms with Crippen LogP contribution in [0.15, 0.2) is 6.07 Å². The Morgan fingerprint density at radius 3 is 2.59 bits per heavy atom. The number of nitrogens with zero attached hydrogens (tertiary/aromatic N) is 1. The molecule has 1 rings (SSSR count). The molecule has 0 radical (unpaired) electrons. The van der Waals surface area contributed by atoms with Crippen LogP contribution in [0.5, 0.6) is 5.75 Å². The van der Waals surface area contributed by atoms with Gasteiger partial charge in [-0.3, -0.25) is 0 Å². The quantitative estimate of drug-likeness (QED) is 0.810. The number of nitrogens with two attached hydrogens (primary N) is 1. The van der Waals surface area contributed by atoms with Gasteiger partial charge in [-0.15, -0.1) is 0 Å². The largest absolute Gasteiger partial charge is 0.495 e. The van der Waals surface area contributed by atoms with E-state index in [2.05, 4.69) is 9.72 Å². The smallest absolute Gasteiger partial charge is 0.340 e. The van der Waals surface area contributed by atoms with Gasteiger partial charge in [-0.1, -0.05) is 0 Å². The summed E-state index contributed by atoms with van der Waals surface area (Å²) in [5.74, 6) is -0.716. The van der Waals surface area contributed by atoms with Gasteiger partial charge in [-0.25, -0.2) is 18.6 Å². The number of hydrogen-bond donors (Lipinski definition) is 1. The number of ether oxygens (including phenoxy) is 2. The topological polar surface area (TPSA) is 74.4 Å². The minimum Gasteiger partial charge on any atom is -0.495 e. The van der Waals surface area contributed by atoms with Gasteiger partial charge in [0.2, 0.25) is 0 Å². The minimum absolute atomic E-state index is 0.0651. The van der Waals surface area contributed by atoms with E-state index < -0.39 is 18.1 Å². The van der Waals surface area contributed by atoms with Crippen molar-refractivity contribution < 1.29 is 23.0 Å². The lowest BCUT2D eigenvalue weighted by Crippen LogP contribution is -2.12. The summed E-state index contributed by atoms with van der Waals surface area (Å²) in [7, 11) is 2.43. The van der Waals surface area contributed by atoms with Crippen LogP contribution < -0.4 is 10.5 Å². The third-order valence-electron chi connectivity index (χ3n) is 2.12. The fraction of sp³-hybridized carbons (Fsp3) is 0.400. The number of hydrogen-bond acceptors (Lipinski definition) is 5. The molecule has 0 amide bonds. The molecule has 0 aromatic carbocycles. The fourth-order valence-electron chi connectivity index (χ4n) is 1.31. The van der Waals surface area contributed by atoms with E-state index in [1.807, 2.05) is 0 Å². The number of rotatable bonds is 4. The van der Waals surface area contributed by atoms with Crippen LogP contribution in [-0.2, 0) is 11.3 Å². The van der Waals surface area contributed by atoms with Crippen molar-refractivity contribution in [3.8, 4) is 5.75 Å². The summed E-state index contributed by atoms with van der Waals surface area (Å²) >= 11 is 0. The summed E-state index contributed by atoms with van der Waals surface area (Å²) in [6.07, 6.45) is -2.89. The van der Waals surface area contributed by atoms with Gasteiger partial charge in [-0.05, 0) is 6.07 Å². The van der Waals surface area contributed by atoms with Crippen LogP contribution in [0.2, 0.25) is 0 Å². The molecular formula is C10H12F2N2O3. The zero-order valence-corrected chi connectivity index (χ0v) is 9.37. The highest BCUT2D eigenvalue weighted by molar-refractivity contribution is 5.91. The van der Waals surface area contributed by atoms with Gasteiger partial charge in [0, 0.05) is 6.54 Å². The molecule has 5 nitrogen and oxygen atoms in total. The first-order chi connectivity index (χ1) is 8.04. The summed E-state index contributed by atoms with van der Waals surface area (Å²) < 4.78 is 34.8. The molecule has 0 aliphatic heterocycles. The van der Waals surface area contributed by atoms with Crippen molar-refractivity contribution in [1.29, 1.82) is 0 Å². The molecule has 0 aliphatic carbocycles. The number of esters is 1. The highest BCUT2D eigenvalue weighted by Crippen LogP contribution is 2.27. The second kappa shape index (κ2) is 5.53. The number of carbonyl (C=O) groups is 1. The average Bonchev–Trinajstić information content (AvgIpc) is 2.35. The van der Waals surface area contributed by atoms with Gasteiger partial charge < -0.3 is 15.2 Å². The first kappa shape index (κ1) is 13.3. The van der Waals surface area contributed by atoms with E-state index in [1.165, 1.54) is 7.11 Å². The molecule has 0 saturated heterocycles. The lowest BCUT2D eigenvalue weighted by molar-refractivity contribution is 0.0586. The molecule has 1 aromatic rings. The predicted molar refractivity (Wildman–Crippen MR) is 55.0 cm³/mol. The van der Waals surface area contributed by atoms with Gasteiger partial charge in [0.25, 0.3) is 6.43 Å². The monoisotopic (exact) mass is 246 g/mol. The number of carbonyl (C=O) groups excluding carboxylic acids is 1. The normalized spacial score (nSPS) is 10.5. The van der Waals surface area contributed by atoms with Gasteiger partial charge >= 0.3 is 5.97 Å². The van der Waals surface area contributed by atoms with E-state index in [9.17, 15) is 13.6 Å². The Hall–Kier alpha value is -1.76. The van der Waals surface area contributed by atoms with E-state index in [1.54, 1.807) is 0 Å². The molecule has 0 bridgehead atoms. The lowest BCUT2D eigenvalue weighted by atomic mass is 10.1. The van der Waals surface area contributed by atoms with Crippen molar-refractivity contribution in [3.63, 3.8) is 0 Å². The van der Waals surface area contributed by atoms with Crippen molar-refractivity contribution in [2.75, 3.05) is 14.2 Å². The van der Waals surface area contributed by atoms with Crippen molar-refractivity contribution in [1.82, 2.24) is 4.98 Å². The molecule has 2 N–H and O–H groups in total. The molecular weight excluding hydrogens is 234 g/mol. The van der Waals surface area contributed by atoms with E-state index in [0.717, 1.165) is 13.2 Å². The summed E-state index contributed by atoms with van der Waals surface area (Å²) in [4.78, 5) is 15.0. The summed E-state index contributed by atoms with van der Waals surface area (Å²) in [6.45, 7) is -0.0651. The highest BCUT2D eigenvalue weighted by Gasteiger charge is 2.23. The van der Waals surface area contributed by atoms with Gasteiger partial charge in [0.15, 0.2) is 0 Å². The van der Waals surface area contributed by atoms with Crippen LogP contribution in [0.1, 0.15) is 28.2 Å². The molecule has 7 heteroatoms. The van der Waals surface area contributed by atoms with Crippen LogP contribution in [0.4, 0.5) is 8.78 Å². The van der Waals surface area contributed by atoms with E-state index in [0.29, 0.717) is 0 Å². The van der Waals surface area contributed by atoms with E-state index in [-0.39, 0.29) is 23.6 Å². The SMILES string of the molecule is COC(=O)c1cc(OC)c(CN)nc1C(F)F. The van der Waals surface area contributed by atoms with Crippen molar-refractivity contribution in [2.24, 2.45) is 5.73 Å². The number of pyridine rings is 1. The molecule has 1 heterocycles. The van der Waals surface area contributed by atoms with E-state index >= 15 is 0 Å². The first-order valence-electron chi connectivity index (χ1n) is 4.69. The number of aromatic nitrogens is 1. The number of methoxy groups -OCH3 is 2. The molecule has 0 fully saturated rings. The summed E-state index contributed by atoms with van der Waals surface area (Å²) in [5, 5.41) is 0. The molecule has 0 unspecified atom stereocenters. The van der Waals surface area contributed by atoms with Crippen molar-refractivity contribution in [3.05, 3.63) is 23.0 Å². The molecule has 94 valence electrons. The lowest BCUT2D eigenvalue weighted by Gasteiger charge is -2.12. The zero-order valence-electron chi connectivity index (χ0n) is 9.37. The third-order valence-corrected chi connectivity index (χ3v) is 2.12. The average molecular weight is 246 g/mol. The van der Waals surface area contributed by atoms with Crippen LogP contribution >= 0.6 is 0 Å². The van der Waals surface area contributed by atoms with Gasteiger partial charge in [0.05, 0.1) is 25.5 Å². The second-order valence-corrected chi connectivity index (χ2v) is 3.07. The van der Waals surface area contributed by atoms with Crippen LogP contribution in [0.3, 0.4) is 0 Å². The number of halogens is 2. The zero-order chi connectivity index (χ0) is 13.0. The van der Waals surface area contributed by atoms with Gasteiger partial charge in [0.1, 0.15) is 11.4 Å². The first-order valence-corrected chi connectivity index (χ1v) is 4.69. The Kier molecular flexibility index (Phi) is 4.33. The second-order valence-electron chi connectivity index (χ2n) is 3.07. The van der Waals surface area contributed by atoms with E-state index in [4.69, 9.17) is 10.5 Å². The molecule has 0 spiro atoms. The maximum absolute atomic E-state index is 12.7. The number of alkyl halides is 2. The molecule has 0 atom stereocenters. The Balaban J connectivity index is 3.40. The van der Waals surface area contributed by atoms with Crippen LogP contribution in [0.25, 0.3) is 0 Å². The highest BCUT2D eigenvalue weighted by atomic mass is 19.3.